The van der Waals surface area contributed by atoms with E-state index in [2.05, 4.69) is 15.5 Å². The molecule has 0 fully saturated rings. The lowest BCUT2D eigenvalue weighted by Gasteiger charge is -2.09. The number of esters is 1. The number of carbonyl (C=O) groups excluding carboxylic acids is 2. The molecule has 3 aromatic rings. The molecule has 1 amide bonds. The summed E-state index contributed by atoms with van der Waals surface area (Å²) in [5.41, 5.74) is 3.78. The zero-order valence-corrected chi connectivity index (χ0v) is 16.4. The molecule has 0 bridgehead atoms. The molecule has 1 aliphatic rings. The molecule has 0 radical (unpaired) electrons. The van der Waals surface area contributed by atoms with Crippen molar-refractivity contribution >= 4 is 18.1 Å². The number of benzene rings is 2. The molecule has 1 aromatic heterocycles. The van der Waals surface area contributed by atoms with Gasteiger partial charge in [-0.3, -0.25) is 9.78 Å². The lowest BCUT2D eigenvalue weighted by molar-refractivity contribution is 0.0729. The van der Waals surface area contributed by atoms with Gasteiger partial charge in [0.05, 0.1) is 18.9 Å². The van der Waals surface area contributed by atoms with Crippen molar-refractivity contribution in [1.82, 2.24) is 10.4 Å². The number of rotatable bonds is 6. The van der Waals surface area contributed by atoms with Gasteiger partial charge in [0, 0.05) is 18.0 Å². The maximum Gasteiger partial charge on any atom is 0.345 e. The van der Waals surface area contributed by atoms with Crippen molar-refractivity contribution < 1.29 is 28.5 Å². The maximum atomic E-state index is 12.3. The number of hydrogen-bond acceptors (Lipinski definition) is 8. The van der Waals surface area contributed by atoms with Crippen molar-refractivity contribution in [3.63, 3.8) is 0 Å². The predicted octanol–water partition coefficient (Wildman–Crippen LogP) is 2.80. The first-order chi connectivity index (χ1) is 15.1. The van der Waals surface area contributed by atoms with Gasteiger partial charge in [-0.2, -0.15) is 5.10 Å². The molecule has 0 aliphatic carbocycles. The summed E-state index contributed by atoms with van der Waals surface area (Å²) in [6.07, 6.45) is 4.43. The van der Waals surface area contributed by atoms with Crippen molar-refractivity contribution in [3.05, 3.63) is 77.6 Å². The number of methoxy groups -OCH3 is 1. The zero-order valence-electron chi connectivity index (χ0n) is 16.4. The van der Waals surface area contributed by atoms with E-state index in [1.54, 1.807) is 54.7 Å². The molecular weight excluding hydrogens is 402 g/mol. The number of nitrogens with zero attached hydrogens (tertiary/aromatic N) is 2. The molecule has 0 unspecified atom stereocenters. The zero-order chi connectivity index (χ0) is 21.6. The highest BCUT2D eigenvalue weighted by molar-refractivity contribution is 5.95. The molecule has 9 heteroatoms. The summed E-state index contributed by atoms with van der Waals surface area (Å²) in [6, 6.07) is 13.0. The topological polar surface area (TPSA) is 108 Å². The standard InChI is InChI=1S/C22H17N3O6/c1-28-19-9-14(4-6-18(19)31-22(27)16-3-2-8-23-12-16)11-24-25-21(26)15-5-7-17-20(10-15)30-13-29-17/h2-12H,13H2,1H3,(H,25,26)/b24-11-. The van der Waals surface area contributed by atoms with E-state index in [4.69, 9.17) is 18.9 Å². The summed E-state index contributed by atoms with van der Waals surface area (Å²) in [5, 5.41) is 3.96. The first-order valence-electron chi connectivity index (χ1n) is 9.17. The van der Waals surface area contributed by atoms with Crippen LogP contribution in [0.3, 0.4) is 0 Å². The number of ether oxygens (including phenoxy) is 4. The lowest BCUT2D eigenvalue weighted by atomic mass is 10.2. The summed E-state index contributed by atoms with van der Waals surface area (Å²) in [7, 11) is 1.46. The van der Waals surface area contributed by atoms with E-state index in [1.807, 2.05) is 0 Å². The monoisotopic (exact) mass is 419 g/mol. The van der Waals surface area contributed by atoms with Crippen LogP contribution < -0.4 is 24.4 Å². The van der Waals surface area contributed by atoms with Crippen LogP contribution in [0.2, 0.25) is 0 Å². The van der Waals surface area contributed by atoms with E-state index in [-0.39, 0.29) is 12.5 Å². The lowest BCUT2D eigenvalue weighted by Crippen LogP contribution is -2.17. The van der Waals surface area contributed by atoms with Crippen molar-refractivity contribution in [2.75, 3.05) is 13.9 Å². The summed E-state index contributed by atoms with van der Waals surface area (Å²) in [4.78, 5) is 28.4. The number of aromatic nitrogens is 1. The van der Waals surface area contributed by atoms with E-state index in [1.165, 1.54) is 19.5 Å². The van der Waals surface area contributed by atoms with Crippen molar-refractivity contribution in [1.29, 1.82) is 0 Å². The first-order valence-corrected chi connectivity index (χ1v) is 9.17. The molecule has 1 N–H and O–H groups in total. The van der Waals surface area contributed by atoms with E-state index >= 15 is 0 Å². The Hall–Kier alpha value is -4.40. The third kappa shape index (κ3) is 4.61. The normalized spacial score (nSPS) is 11.9. The Labute approximate surface area is 177 Å². The highest BCUT2D eigenvalue weighted by Gasteiger charge is 2.16. The second-order valence-electron chi connectivity index (χ2n) is 6.31. The SMILES string of the molecule is COc1cc(/C=N\NC(=O)c2ccc3c(c2)OCO3)ccc1OC(=O)c1cccnc1. The van der Waals surface area contributed by atoms with E-state index in [9.17, 15) is 9.59 Å². The Bertz CT molecular complexity index is 1150. The number of hydrazone groups is 1. The Morgan fingerprint density at radius 3 is 2.74 bits per heavy atom. The van der Waals surface area contributed by atoms with Gasteiger partial charge in [0.1, 0.15) is 0 Å². The van der Waals surface area contributed by atoms with E-state index in [0.717, 1.165) is 0 Å². The summed E-state index contributed by atoms with van der Waals surface area (Å²) < 4.78 is 21.2. The highest BCUT2D eigenvalue weighted by atomic mass is 16.7. The second-order valence-corrected chi connectivity index (χ2v) is 6.31. The Balaban J connectivity index is 1.41. The summed E-state index contributed by atoms with van der Waals surface area (Å²) >= 11 is 0. The minimum absolute atomic E-state index is 0.133. The Morgan fingerprint density at radius 1 is 1.06 bits per heavy atom. The molecule has 156 valence electrons. The van der Waals surface area contributed by atoms with Gasteiger partial charge in [0.25, 0.3) is 5.91 Å². The van der Waals surface area contributed by atoms with Crippen LogP contribution in [-0.4, -0.2) is 37.0 Å². The minimum atomic E-state index is -0.552. The quantitative estimate of drug-likeness (QED) is 0.283. The molecule has 4 rings (SSSR count). The molecule has 0 saturated carbocycles. The van der Waals surface area contributed by atoms with Gasteiger partial charge in [-0.1, -0.05) is 0 Å². The fourth-order valence-electron chi connectivity index (χ4n) is 2.76. The molecule has 1 aliphatic heterocycles. The van der Waals surface area contributed by atoms with Gasteiger partial charge in [0.2, 0.25) is 6.79 Å². The molecular formula is C22H17N3O6. The summed E-state index contributed by atoms with van der Waals surface area (Å²) in [5.74, 6) is 0.739. The van der Waals surface area contributed by atoms with Crippen LogP contribution in [0, 0.1) is 0 Å². The average molecular weight is 419 g/mol. The van der Waals surface area contributed by atoms with Crippen molar-refractivity contribution in [2.24, 2.45) is 5.10 Å². The van der Waals surface area contributed by atoms with Crippen LogP contribution in [0.1, 0.15) is 26.3 Å². The predicted molar refractivity (Wildman–Crippen MR) is 110 cm³/mol. The molecule has 0 saturated heterocycles. The fourth-order valence-corrected chi connectivity index (χ4v) is 2.76. The number of fused-ring (bicyclic) bond motifs is 1. The van der Waals surface area contributed by atoms with Crippen LogP contribution >= 0.6 is 0 Å². The smallest absolute Gasteiger partial charge is 0.345 e. The molecule has 0 spiro atoms. The number of amides is 1. The highest BCUT2D eigenvalue weighted by Crippen LogP contribution is 2.32. The molecule has 0 atom stereocenters. The molecule has 2 aromatic carbocycles. The maximum absolute atomic E-state index is 12.3. The second kappa shape index (κ2) is 8.95. The third-order valence-electron chi connectivity index (χ3n) is 4.30. The van der Waals surface area contributed by atoms with Crippen molar-refractivity contribution in [3.8, 4) is 23.0 Å². The summed E-state index contributed by atoms with van der Waals surface area (Å²) in [6.45, 7) is 0.133. The van der Waals surface area contributed by atoms with Gasteiger partial charge < -0.3 is 18.9 Å². The Morgan fingerprint density at radius 2 is 1.94 bits per heavy atom. The van der Waals surface area contributed by atoms with Crippen LogP contribution in [0.4, 0.5) is 0 Å². The van der Waals surface area contributed by atoms with Gasteiger partial charge in [0.15, 0.2) is 23.0 Å². The minimum Gasteiger partial charge on any atom is -0.493 e. The van der Waals surface area contributed by atoms with E-state index < -0.39 is 11.9 Å². The van der Waals surface area contributed by atoms with Crippen molar-refractivity contribution in [2.45, 2.75) is 0 Å². The largest absolute Gasteiger partial charge is 0.493 e. The third-order valence-corrected chi connectivity index (χ3v) is 4.30. The van der Waals surface area contributed by atoms with Gasteiger partial charge in [-0.25, -0.2) is 10.2 Å². The average Bonchev–Trinajstić information content (AvgIpc) is 3.28. The van der Waals surface area contributed by atoms with Crippen LogP contribution in [0.15, 0.2) is 66.0 Å². The number of nitrogens with one attached hydrogen (secondary N) is 1. The van der Waals surface area contributed by atoms with E-state index in [0.29, 0.717) is 33.9 Å². The number of pyridine rings is 1. The molecule has 2 heterocycles. The fraction of sp³-hybridized carbons (Fsp3) is 0.0909. The Kier molecular flexibility index (Phi) is 5.75. The molecule has 9 nitrogen and oxygen atoms in total. The van der Waals surface area contributed by atoms with Gasteiger partial charge >= 0.3 is 5.97 Å². The van der Waals surface area contributed by atoms with Gasteiger partial charge in [-0.15, -0.1) is 0 Å². The van der Waals surface area contributed by atoms with Crippen LogP contribution in [-0.2, 0) is 0 Å². The molecule has 31 heavy (non-hydrogen) atoms. The number of carbonyl (C=O) groups is 2. The van der Waals surface area contributed by atoms with Crippen LogP contribution in [0.5, 0.6) is 23.0 Å². The van der Waals surface area contributed by atoms with Crippen LogP contribution in [0.25, 0.3) is 0 Å². The number of hydrogen-bond donors (Lipinski definition) is 1. The van der Waals surface area contributed by atoms with Gasteiger partial charge in [-0.05, 0) is 54.1 Å². The first kappa shape index (κ1) is 19.9.